The smallest absolute Gasteiger partial charge is 0.253 e. The third-order valence-electron chi connectivity index (χ3n) is 3.89. The maximum Gasteiger partial charge on any atom is 0.253 e. The molecule has 2 aromatic rings. The molecule has 1 aliphatic rings. The third-order valence-corrected chi connectivity index (χ3v) is 3.89. The molecule has 24 heavy (non-hydrogen) atoms. The highest BCUT2D eigenvalue weighted by Crippen LogP contribution is 2.15. The second-order valence-electron chi connectivity index (χ2n) is 5.61. The van der Waals surface area contributed by atoms with Crippen molar-refractivity contribution in [2.45, 2.75) is 25.5 Å². The molecule has 0 bridgehead atoms. The van der Waals surface area contributed by atoms with E-state index in [1.54, 1.807) is 12.1 Å². The van der Waals surface area contributed by atoms with Gasteiger partial charge in [-0.3, -0.25) is 14.2 Å². The summed E-state index contributed by atoms with van der Waals surface area (Å²) < 4.78 is 19.6. The summed E-state index contributed by atoms with van der Waals surface area (Å²) in [7, 11) is 0. The van der Waals surface area contributed by atoms with Gasteiger partial charge in [0.2, 0.25) is 5.91 Å². The van der Waals surface area contributed by atoms with Crippen molar-refractivity contribution in [3.8, 4) is 11.3 Å². The molecule has 0 spiro atoms. The van der Waals surface area contributed by atoms with Gasteiger partial charge in [0.05, 0.1) is 12.0 Å². The van der Waals surface area contributed by atoms with Crippen molar-refractivity contribution in [2.24, 2.45) is 0 Å². The van der Waals surface area contributed by atoms with Crippen LogP contribution in [-0.4, -0.2) is 34.7 Å². The first-order valence-electron chi connectivity index (χ1n) is 7.85. The number of carbonyl (C=O) groups is 1. The summed E-state index contributed by atoms with van der Waals surface area (Å²) >= 11 is 0. The number of hydrogen-bond donors (Lipinski definition) is 1. The van der Waals surface area contributed by atoms with E-state index in [-0.39, 0.29) is 23.4 Å². The van der Waals surface area contributed by atoms with Gasteiger partial charge in [0.1, 0.15) is 11.9 Å². The van der Waals surface area contributed by atoms with E-state index >= 15 is 0 Å². The third kappa shape index (κ3) is 3.86. The number of aromatic nitrogens is 2. The number of hydrogen-bond acceptors (Lipinski definition) is 4. The van der Waals surface area contributed by atoms with Crippen molar-refractivity contribution in [2.75, 3.05) is 13.2 Å². The quantitative estimate of drug-likeness (QED) is 0.897. The first-order valence-corrected chi connectivity index (χ1v) is 7.85. The van der Waals surface area contributed by atoms with Crippen LogP contribution in [0.2, 0.25) is 0 Å². The maximum atomic E-state index is 12.9. The zero-order valence-electron chi connectivity index (χ0n) is 13.1. The standard InChI is InChI=1S/C17H18FN3O3/c18-13-5-3-12(4-6-13)14-10-16(22)21(11-20-14)8-7-19-17(23)15-2-1-9-24-15/h3-6,10-11,15H,1-2,7-9H2,(H,19,23). The van der Waals surface area contributed by atoms with E-state index in [1.807, 2.05) is 0 Å². The van der Waals surface area contributed by atoms with E-state index in [9.17, 15) is 14.0 Å². The second kappa shape index (κ2) is 7.35. The van der Waals surface area contributed by atoms with Crippen molar-refractivity contribution in [3.05, 3.63) is 52.8 Å². The Labute approximate surface area is 138 Å². The van der Waals surface area contributed by atoms with Gasteiger partial charge in [-0.1, -0.05) is 0 Å². The van der Waals surface area contributed by atoms with Crippen molar-refractivity contribution in [1.82, 2.24) is 14.9 Å². The Kier molecular flexibility index (Phi) is 5.00. The highest BCUT2D eigenvalue weighted by atomic mass is 19.1. The number of ether oxygens (including phenoxy) is 1. The molecule has 1 amide bonds. The van der Waals surface area contributed by atoms with E-state index < -0.39 is 0 Å². The molecule has 1 aromatic carbocycles. The van der Waals surface area contributed by atoms with E-state index in [0.717, 1.165) is 12.8 Å². The Morgan fingerprint density at radius 2 is 2.17 bits per heavy atom. The molecule has 0 radical (unpaired) electrons. The molecule has 0 aliphatic carbocycles. The molecule has 1 unspecified atom stereocenters. The van der Waals surface area contributed by atoms with E-state index in [2.05, 4.69) is 10.3 Å². The first-order chi connectivity index (χ1) is 11.6. The monoisotopic (exact) mass is 331 g/mol. The molecule has 1 atom stereocenters. The van der Waals surface area contributed by atoms with Crippen LogP contribution < -0.4 is 10.9 Å². The lowest BCUT2D eigenvalue weighted by atomic mass is 10.1. The molecule has 6 nitrogen and oxygen atoms in total. The van der Waals surface area contributed by atoms with Crippen molar-refractivity contribution >= 4 is 5.91 Å². The van der Waals surface area contributed by atoms with Crippen LogP contribution in [0.15, 0.2) is 41.5 Å². The minimum atomic E-state index is -0.374. The van der Waals surface area contributed by atoms with E-state index in [0.29, 0.717) is 31.0 Å². The SMILES string of the molecule is O=C(NCCn1cnc(-c2ccc(F)cc2)cc1=O)C1CCCO1. The Bertz CT molecular complexity index is 767. The highest BCUT2D eigenvalue weighted by molar-refractivity contribution is 5.80. The molecule has 1 aliphatic heterocycles. The maximum absolute atomic E-state index is 12.9. The number of halogens is 1. The van der Waals surface area contributed by atoms with E-state index in [1.165, 1.54) is 29.1 Å². The summed E-state index contributed by atoms with van der Waals surface area (Å²) in [5.74, 6) is -0.481. The lowest BCUT2D eigenvalue weighted by Crippen LogP contribution is -2.37. The Morgan fingerprint density at radius 1 is 1.38 bits per heavy atom. The average Bonchev–Trinajstić information content (AvgIpc) is 3.11. The van der Waals surface area contributed by atoms with Gasteiger partial charge in [0, 0.05) is 31.3 Å². The van der Waals surface area contributed by atoms with Crippen molar-refractivity contribution in [3.63, 3.8) is 0 Å². The number of benzene rings is 1. The summed E-state index contributed by atoms with van der Waals surface area (Å²) in [5.41, 5.74) is 0.933. The average molecular weight is 331 g/mol. The van der Waals surface area contributed by atoms with Gasteiger partial charge in [0.15, 0.2) is 0 Å². The normalized spacial score (nSPS) is 17.0. The molecule has 0 saturated carbocycles. The minimum Gasteiger partial charge on any atom is -0.368 e. The number of amides is 1. The van der Waals surface area contributed by atoms with Gasteiger partial charge in [-0.2, -0.15) is 0 Å². The largest absolute Gasteiger partial charge is 0.368 e. The topological polar surface area (TPSA) is 73.2 Å². The van der Waals surface area contributed by atoms with Crippen molar-refractivity contribution < 1.29 is 13.9 Å². The Morgan fingerprint density at radius 3 is 2.83 bits per heavy atom. The second-order valence-corrected chi connectivity index (χ2v) is 5.61. The Balaban J connectivity index is 1.59. The minimum absolute atomic E-state index is 0.142. The van der Waals surface area contributed by atoms with Crippen LogP contribution in [0.1, 0.15) is 12.8 Å². The predicted molar refractivity (Wildman–Crippen MR) is 85.9 cm³/mol. The summed E-state index contributed by atoms with van der Waals surface area (Å²) in [6.07, 6.45) is 2.69. The van der Waals surface area contributed by atoms with Crippen LogP contribution in [-0.2, 0) is 16.1 Å². The van der Waals surface area contributed by atoms with Gasteiger partial charge in [-0.15, -0.1) is 0 Å². The molecule has 7 heteroatoms. The summed E-state index contributed by atoms with van der Waals surface area (Å²) in [6, 6.07) is 7.19. The lowest BCUT2D eigenvalue weighted by molar-refractivity contribution is -0.130. The summed E-state index contributed by atoms with van der Waals surface area (Å²) in [6.45, 7) is 1.27. The molecule has 1 N–H and O–H groups in total. The van der Waals surface area contributed by atoms with Gasteiger partial charge in [0.25, 0.3) is 5.56 Å². The summed E-state index contributed by atoms with van der Waals surface area (Å²) in [4.78, 5) is 28.2. The van der Waals surface area contributed by atoms with Gasteiger partial charge >= 0.3 is 0 Å². The molecule has 1 fully saturated rings. The molecular formula is C17H18FN3O3. The fourth-order valence-corrected chi connectivity index (χ4v) is 2.57. The zero-order chi connectivity index (χ0) is 16.9. The van der Waals surface area contributed by atoms with E-state index in [4.69, 9.17) is 4.74 Å². The van der Waals surface area contributed by atoms with Gasteiger partial charge in [-0.25, -0.2) is 9.37 Å². The molecule has 2 heterocycles. The van der Waals surface area contributed by atoms with Crippen LogP contribution in [0.25, 0.3) is 11.3 Å². The van der Waals surface area contributed by atoms with Crippen molar-refractivity contribution in [1.29, 1.82) is 0 Å². The lowest BCUT2D eigenvalue weighted by Gasteiger charge is -2.11. The fraction of sp³-hybridized carbons (Fsp3) is 0.353. The predicted octanol–water partition coefficient (Wildman–Crippen LogP) is 1.34. The van der Waals surface area contributed by atoms with Crippen LogP contribution in [0.3, 0.4) is 0 Å². The number of carbonyl (C=O) groups excluding carboxylic acids is 1. The van der Waals surface area contributed by atoms with Crippen LogP contribution >= 0.6 is 0 Å². The summed E-state index contributed by atoms with van der Waals surface area (Å²) in [5, 5.41) is 2.76. The molecular weight excluding hydrogens is 313 g/mol. The van der Waals surface area contributed by atoms with Crippen LogP contribution in [0.5, 0.6) is 0 Å². The van der Waals surface area contributed by atoms with Crippen LogP contribution in [0.4, 0.5) is 4.39 Å². The first kappa shape index (κ1) is 16.3. The fourth-order valence-electron chi connectivity index (χ4n) is 2.57. The number of nitrogens with one attached hydrogen (secondary N) is 1. The molecule has 3 rings (SSSR count). The van der Waals surface area contributed by atoms with Gasteiger partial charge < -0.3 is 10.1 Å². The molecule has 1 saturated heterocycles. The molecule has 1 aromatic heterocycles. The zero-order valence-corrected chi connectivity index (χ0v) is 13.1. The van der Waals surface area contributed by atoms with Crippen LogP contribution in [0, 0.1) is 5.82 Å². The highest BCUT2D eigenvalue weighted by Gasteiger charge is 2.22. The van der Waals surface area contributed by atoms with Gasteiger partial charge in [-0.05, 0) is 37.1 Å². The Hall–Kier alpha value is -2.54. The molecule has 126 valence electrons. The number of rotatable bonds is 5. The number of nitrogens with zero attached hydrogens (tertiary/aromatic N) is 2.